The van der Waals surface area contributed by atoms with Crippen LogP contribution in [0.4, 0.5) is 4.48 Å². The molecule has 2 heterocycles. The fourth-order valence-electron chi connectivity index (χ4n) is 1.47. The number of nitrogens with zero attached hydrogens (tertiary/aromatic N) is 2. The fourth-order valence-corrected chi connectivity index (χ4v) is 2.04. The van der Waals surface area contributed by atoms with Crippen LogP contribution in [-0.2, 0) is 0 Å². The summed E-state index contributed by atoms with van der Waals surface area (Å²) in [5.41, 5.74) is 0.571. The van der Waals surface area contributed by atoms with Crippen molar-refractivity contribution < 1.29 is 9.22 Å². The monoisotopic (exact) mass is 290 g/mol. The lowest BCUT2D eigenvalue weighted by Crippen LogP contribution is -2.13. The highest BCUT2D eigenvalue weighted by Crippen LogP contribution is 2.41. The predicted molar refractivity (Wildman–Crippen MR) is 57.2 cm³/mol. The normalized spacial score (nSPS) is 18.9. The van der Waals surface area contributed by atoms with Crippen LogP contribution in [0.5, 0.6) is 5.88 Å². The highest BCUT2D eigenvalue weighted by atomic mass is 79.9. The molecule has 0 radical (unpaired) electrons. The largest absolute Gasteiger partial charge is 0.453 e. The second kappa shape index (κ2) is 3.54. The van der Waals surface area contributed by atoms with Gasteiger partial charge < -0.3 is 4.74 Å². The summed E-state index contributed by atoms with van der Waals surface area (Å²) in [6.07, 6.45) is 1.45. The Kier molecular flexibility index (Phi) is 2.49. The number of hydrogen-bond donors (Lipinski definition) is 0. The van der Waals surface area contributed by atoms with E-state index < -0.39 is 5.56 Å². The van der Waals surface area contributed by atoms with Crippen molar-refractivity contribution in [3.05, 3.63) is 21.8 Å². The molecule has 78 valence electrons. The van der Waals surface area contributed by atoms with Crippen LogP contribution in [0, 0.1) is 18.3 Å². The molecule has 0 saturated heterocycles. The van der Waals surface area contributed by atoms with Crippen molar-refractivity contribution in [2.75, 3.05) is 0 Å². The van der Waals surface area contributed by atoms with Crippen LogP contribution in [0.1, 0.15) is 11.1 Å². The third-order valence-electron chi connectivity index (χ3n) is 2.16. The minimum absolute atomic E-state index is 0.0292. The van der Waals surface area contributed by atoms with Gasteiger partial charge in [0.05, 0.1) is 17.2 Å². The molecule has 1 aliphatic rings. The van der Waals surface area contributed by atoms with Crippen LogP contribution in [0.2, 0.25) is 0 Å². The van der Waals surface area contributed by atoms with Gasteiger partial charge in [0.2, 0.25) is 5.88 Å². The summed E-state index contributed by atoms with van der Waals surface area (Å²) < 4.78 is 18.9. The van der Waals surface area contributed by atoms with Gasteiger partial charge in [-0.2, -0.15) is 5.26 Å². The Morgan fingerprint density at radius 1 is 1.73 bits per heavy atom. The van der Waals surface area contributed by atoms with Gasteiger partial charge >= 0.3 is 0 Å². The maximum atomic E-state index is 13.5. The average Bonchev–Trinajstić information content (AvgIpc) is 2.43. The second-order valence-electron chi connectivity index (χ2n) is 3.04. The molecule has 0 bridgehead atoms. The highest BCUT2D eigenvalue weighted by Gasteiger charge is 2.28. The van der Waals surface area contributed by atoms with E-state index >= 15 is 0 Å². The van der Waals surface area contributed by atoms with E-state index in [1.165, 1.54) is 6.08 Å². The van der Waals surface area contributed by atoms with Crippen LogP contribution in [0.15, 0.2) is 10.7 Å². The Balaban J connectivity index is 2.73. The quantitative estimate of drug-likeness (QED) is 0.689. The summed E-state index contributed by atoms with van der Waals surface area (Å²) in [5, 5.41) is 8.90. The van der Waals surface area contributed by atoms with Gasteiger partial charge in [0.1, 0.15) is 4.60 Å². The van der Waals surface area contributed by atoms with E-state index in [1.807, 2.05) is 6.07 Å². The molecule has 2 rings (SSSR count). The molecule has 1 aromatic rings. The number of aromatic nitrogens is 1. The van der Waals surface area contributed by atoms with E-state index in [0.29, 0.717) is 21.5 Å². The number of halogens is 3. The molecule has 3 nitrogen and oxygen atoms in total. The first-order valence-electron chi connectivity index (χ1n) is 4.06. The van der Waals surface area contributed by atoms with E-state index in [1.54, 1.807) is 6.92 Å². The molecule has 0 spiro atoms. The van der Waals surface area contributed by atoms with Crippen LogP contribution in [0.3, 0.4) is 0 Å². The number of rotatable bonds is 0. The summed E-state index contributed by atoms with van der Waals surface area (Å²) in [6.45, 7) is 1.70. The first kappa shape index (κ1) is 10.5. The van der Waals surface area contributed by atoms with Gasteiger partial charge in [0, 0.05) is 0 Å². The standard InChI is InChI=1S/C9H5BrClFN2O/c1-4-7-5(3-13)2-6(11)15-9(7)14(12)8(4)10/h2,6H,1H3. The highest BCUT2D eigenvalue weighted by molar-refractivity contribution is 9.10. The van der Waals surface area contributed by atoms with E-state index in [9.17, 15) is 4.48 Å². The summed E-state index contributed by atoms with van der Waals surface area (Å²) in [4.78, 5) is 0.338. The maximum absolute atomic E-state index is 13.5. The van der Waals surface area contributed by atoms with Gasteiger partial charge in [-0.1, -0.05) is 16.1 Å². The smallest absolute Gasteiger partial charge is 0.234 e. The third kappa shape index (κ3) is 1.45. The first-order chi connectivity index (χ1) is 7.06. The molecule has 1 unspecified atom stereocenters. The molecule has 0 amide bonds. The second-order valence-corrected chi connectivity index (χ2v) is 4.22. The van der Waals surface area contributed by atoms with Gasteiger partial charge in [0.25, 0.3) is 0 Å². The molecule has 1 atom stereocenters. The topological polar surface area (TPSA) is 38.0 Å². The van der Waals surface area contributed by atoms with E-state index in [2.05, 4.69) is 15.9 Å². The van der Waals surface area contributed by atoms with Gasteiger partial charge in [-0.3, -0.25) is 0 Å². The van der Waals surface area contributed by atoms with Crippen molar-refractivity contribution in [3.63, 3.8) is 0 Å². The van der Waals surface area contributed by atoms with Crippen LogP contribution >= 0.6 is 27.5 Å². The van der Waals surface area contributed by atoms with E-state index in [-0.39, 0.29) is 10.5 Å². The van der Waals surface area contributed by atoms with Crippen molar-refractivity contribution in [3.8, 4) is 11.9 Å². The lowest BCUT2D eigenvalue weighted by Gasteiger charge is -2.15. The Hall–Kier alpha value is -0.990. The molecule has 1 aliphatic heterocycles. The summed E-state index contributed by atoms with van der Waals surface area (Å²) >= 11 is 8.77. The van der Waals surface area contributed by atoms with E-state index in [0.717, 1.165) is 0 Å². The zero-order valence-corrected chi connectivity index (χ0v) is 9.93. The summed E-state index contributed by atoms with van der Waals surface area (Å²) in [6, 6.07) is 1.97. The average molecular weight is 292 g/mol. The summed E-state index contributed by atoms with van der Waals surface area (Å²) in [5.74, 6) is -0.0292. The Morgan fingerprint density at radius 2 is 2.40 bits per heavy atom. The maximum Gasteiger partial charge on any atom is 0.234 e. The molecular weight excluding hydrogens is 286 g/mol. The molecule has 15 heavy (non-hydrogen) atoms. The van der Waals surface area contributed by atoms with Gasteiger partial charge in [-0.05, 0) is 34.5 Å². The first-order valence-corrected chi connectivity index (χ1v) is 5.29. The number of hydrogen-bond acceptors (Lipinski definition) is 2. The zero-order valence-electron chi connectivity index (χ0n) is 7.59. The molecule has 0 saturated carbocycles. The summed E-state index contributed by atoms with van der Waals surface area (Å²) in [7, 11) is 0. The van der Waals surface area contributed by atoms with Crippen molar-refractivity contribution in [2.24, 2.45) is 0 Å². The van der Waals surface area contributed by atoms with Crippen molar-refractivity contribution in [1.29, 1.82) is 5.26 Å². The lowest BCUT2D eigenvalue weighted by atomic mass is 10.1. The SMILES string of the molecule is Cc1c2c(n(F)c1Br)OC(Cl)C=C2C#N. The lowest BCUT2D eigenvalue weighted by molar-refractivity contribution is 0.234. The van der Waals surface area contributed by atoms with Crippen LogP contribution in [-0.4, -0.2) is 10.4 Å². The molecule has 0 N–H and O–H groups in total. The minimum Gasteiger partial charge on any atom is -0.453 e. The van der Waals surface area contributed by atoms with Crippen molar-refractivity contribution >= 4 is 33.1 Å². The van der Waals surface area contributed by atoms with Crippen LogP contribution < -0.4 is 4.74 Å². The fraction of sp³-hybridized carbons (Fsp3) is 0.222. The van der Waals surface area contributed by atoms with Gasteiger partial charge in [0.15, 0.2) is 5.56 Å². The molecule has 6 heteroatoms. The minimum atomic E-state index is -0.817. The Morgan fingerprint density at radius 3 is 3.00 bits per heavy atom. The van der Waals surface area contributed by atoms with Crippen LogP contribution in [0.25, 0.3) is 5.57 Å². The predicted octanol–water partition coefficient (Wildman–Crippen LogP) is 3.16. The van der Waals surface area contributed by atoms with Crippen molar-refractivity contribution in [2.45, 2.75) is 12.5 Å². The van der Waals surface area contributed by atoms with Gasteiger partial charge in [-0.15, -0.1) is 4.79 Å². The number of allylic oxidation sites excluding steroid dienone is 1. The molecule has 0 aromatic carbocycles. The number of ether oxygens (including phenoxy) is 1. The number of nitriles is 1. The van der Waals surface area contributed by atoms with Gasteiger partial charge in [-0.25, -0.2) is 0 Å². The molecule has 0 fully saturated rings. The number of fused-ring (bicyclic) bond motifs is 1. The zero-order chi connectivity index (χ0) is 11.2. The molecule has 0 aliphatic carbocycles. The number of alkyl halides is 1. The Labute approximate surface area is 98.8 Å². The third-order valence-corrected chi connectivity index (χ3v) is 3.28. The molecule has 1 aromatic heterocycles. The van der Waals surface area contributed by atoms with E-state index in [4.69, 9.17) is 21.6 Å². The van der Waals surface area contributed by atoms with Crippen molar-refractivity contribution in [1.82, 2.24) is 4.79 Å². The molecular formula is C9H5BrClFN2O. The Bertz CT molecular complexity index is 503.